The fraction of sp³-hybridized carbons (Fsp3) is 0.171. The second-order valence-corrected chi connectivity index (χ2v) is 13.4. The van der Waals surface area contributed by atoms with E-state index in [9.17, 15) is 12.8 Å². The fourth-order valence-corrected chi connectivity index (χ4v) is 7.05. The minimum atomic E-state index is -2.39. The molecule has 3 aromatic carbocycles. The van der Waals surface area contributed by atoms with Crippen molar-refractivity contribution in [2.75, 3.05) is 19.0 Å². The average Bonchev–Trinajstić information content (AvgIpc) is 3.60. The lowest BCUT2D eigenvalue weighted by Gasteiger charge is -2.22. The second kappa shape index (κ2) is 15.6. The van der Waals surface area contributed by atoms with E-state index in [1.165, 1.54) is 35.3 Å². The summed E-state index contributed by atoms with van der Waals surface area (Å²) >= 11 is 5.02. The first-order chi connectivity index (χ1) is 23.8. The van der Waals surface area contributed by atoms with Gasteiger partial charge in [0, 0.05) is 52.9 Å². The van der Waals surface area contributed by atoms with Gasteiger partial charge in [-0.2, -0.15) is 8.42 Å². The standard InChI is InChI=1S/C35H30BrFN6O4S2/c1-22(43(21-49(44)45)13-11-25-8-3-4-12-38-25)35-42-31(19-48-35)27-16-28-30(17-33(27)46-2)39-20-40-34(28)41-26-9-10-32(29(36)15-26)47-18-23-6-5-7-24(37)14-23/h3-10,12,14-17,19-22H,11,13,18H2,1-2H3,(H,39,40,41). The van der Waals surface area contributed by atoms with E-state index in [1.807, 2.05) is 60.8 Å². The normalized spacial score (nSPS) is 11.8. The maximum atomic E-state index is 13.6. The number of pyridine rings is 1. The molecule has 0 saturated heterocycles. The molecule has 0 aliphatic rings. The Balaban J connectivity index is 1.24. The Kier molecular flexibility index (Phi) is 10.9. The number of anilines is 2. The maximum absolute atomic E-state index is 13.6. The Hall–Kier alpha value is -4.76. The zero-order valence-electron chi connectivity index (χ0n) is 26.4. The van der Waals surface area contributed by atoms with Crippen molar-refractivity contribution in [1.29, 1.82) is 0 Å². The number of halogens is 2. The lowest BCUT2D eigenvalue weighted by molar-refractivity contribution is 0.303. The molecular formula is C35H30BrFN6O4S2. The van der Waals surface area contributed by atoms with Crippen LogP contribution in [0.25, 0.3) is 22.2 Å². The molecule has 6 aromatic rings. The van der Waals surface area contributed by atoms with Crippen LogP contribution in [0, 0.1) is 5.82 Å². The number of rotatable bonds is 13. The van der Waals surface area contributed by atoms with E-state index in [-0.39, 0.29) is 18.5 Å². The highest BCUT2D eigenvalue weighted by atomic mass is 79.9. The van der Waals surface area contributed by atoms with Crippen LogP contribution in [0.1, 0.15) is 29.2 Å². The molecule has 250 valence electrons. The Labute approximate surface area is 296 Å². The predicted molar refractivity (Wildman–Crippen MR) is 193 cm³/mol. The highest BCUT2D eigenvalue weighted by Crippen LogP contribution is 2.38. The van der Waals surface area contributed by atoms with Gasteiger partial charge in [-0.15, -0.1) is 11.3 Å². The third-order valence-corrected chi connectivity index (χ3v) is 9.74. The molecule has 0 radical (unpaired) electrons. The maximum Gasteiger partial charge on any atom is 0.225 e. The number of hydrogen-bond acceptors (Lipinski definition) is 10. The van der Waals surface area contributed by atoms with Crippen molar-refractivity contribution >= 4 is 65.5 Å². The van der Waals surface area contributed by atoms with Crippen LogP contribution < -0.4 is 14.8 Å². The highest BCUT2D eigenvalue weighted by Gasteiger charge is 2.21. The van der Waals surface area contributed by atoms with Crippen molar-refractivity contribution in [3.05, 3.63) is 117 Å². The smallest absolute Gasteiger partial charge is 0.225 e. The Morgan fingerprint density at radius 2 is 1.92 bits per heavy atom. The number of nitrogens with zero attached hydrogens (tertiary/aromatic N) is 5. The van der Waals surface area contributed by atoms with Gasteiger partial charge in [0.15, 0.2) is 0 Å². The number of thiazole rings is 1. The summed E-state index contributed by atoms with van der Waals surface area (Å²) in [5, 5.41) is 6.79. The van der Waals surface area contributed by atoms with Gasteiger partial charge in [0.25, 0.3) is 0 Å². The van der Waals surface area contributed by atoms with Gasteiger partial charge < -0.3 is 14.8 Å². The molecule has 0 amide bonds. The summed E-state index contributed by atoms with van der Waals surface area (Å²) in [6, 6.07) is 21.0. The Morgan fingerprint density at radius 3 is 2.67 bits per heavy atom. The second-order valence-electron chi connectivity index (χ2n) is 10.9. The SMILES string of the molecule is COc1cc2ncnc(Nc3ccc(OCc4cccc(F)c4)c(Br)c3)c2cc1-c1csc(C(C)N(C=S(=O)=O)CCc2ccccn2)n1. The number of benzene rings is 3. The lowest BCUT2D eigenvalue weighted by Crippen LogP contribution is -2.28. The number of hydrogen-bond donors (Lipinski definition) is 1. The fourth-order valence-electron chi connectivity index (χ4n) is 5.16. The molecule has 0 fully saturated rings. The van der Waals surface area contributed by atoms with Gasteiger partial charge in [-0.05, 0) is 76.9 Å². The van der Waals surface area contributed by atoms with Crippen molar-refractivity contribution in [2.45, 2.75) is 26.0 Å². The van der Waals surface area contributed by atoms with Gasteiger partial charge in [0.05, 0.1) is 28.8 Å². The molecule has 0 bridgehead atoms. The van der Waals surface area contributed by atoms with Gasteiger partial charge in [-0.3, -0.25) is 9.88 Å². The molecule has 0 saturated carbocycles. The van der Waals surface area contributed by atoms with Crippen LogP contribution in [-0.4, -0.2) is 52.4 Å². The molecule has 3 aromatic heterocycles. The molecule has 1 atom stereocenters. The molecular weight excluding hydrogens is 731 g/mol. The summed E-state index contributed by atoms with van der Waals surface area (Å²) < 4.78 is 49.3. The van der Waals surface area contributed by atoms with Crippen LogP contribution in [0.15, 0.2) is 95.2 Å². The summed E-state index contributed by atoms with van der Waals surface area (Å²) in [6.07, 6.45) is 3.78. The number of methoxy groups -OCH3 is 1. The summed E-state index contributed by atoms with van der Waals surface area (Å²) in [6.45, 7) is 2.60. The molecule has 14 heteroatoms. The topological polar surface area (TPSA) is 119 Å². The first-order valence-corrected chi connectivity index (χ1v) is 17.9. The zero-order valence-corrected chi connectivity index (χ0v) is 29.6. The minimum absolute atomic E-state index is 0.223. The molecule has 10 nitrogen and oxygen atoms in total. The van der Waals surface area contributed by atoms with E-state index in [1.54, 1.807) is 30.3 Å². The number of nitrogens with one attached hydrogen (secondary N) is 1. The molecule has 0 aliphatic carbocycles. The molecule has 1 unspecified atom stereocenters. The predicted octanol–water partition coefficient (Wildman–Crippen LogP) is 7.63. The highest BCUT2D eigenvalue weighted by molar-refractivity contribution is 9.10. The van der Waals surface area contributed by atoms with Gasteiger partial charge >= 0.3 is 0 Å². The lowest BCUT2D eigenvalue weighted by atomic mass is 10.1. The van der Waals surface area contributed by atoms with E-state index >= 15 is 0 Å². The van der Waals surface area contributed by atoms with E-state index < -0.39 is 10.3 Å². The minimum Gasteiger partial charge on any atom is -0.496 e. The van der Waals surface area contributed by atoms with E-state index in [0.29, 0.717) is 46.0 Å². The van der Waals surface area contributed by atoms with E-state index in [0.717, 1.165) is 32.9 Å². The number of aromatic nitrogens is 4. The Morgan fingerprint density at radius 1 is 1.04 bits per heavy atom. The van der Waals surface area contributed by atoms with Crippen LogP contribution in [0.5, 0.6) is 11.5 Å². The monoisotopic (exact) mass is 760 g/mol. The van der Waals surface area contributed by atoms with E-state index in [4.69, 9.17) is 14.5 Å². The first-order valence-electron chi connectivity index (χ1n) is 15.1. The molecule has 0 aliphatic heterocycles. The average molecular weight is 762 g/mol. The van der Waals surface area contributed by atoms with Crippen LogP contribution in [0.3, 0.4) is 0 Å². The van der Waals surface area contributed by atoms with Gasteiger partial charge in [0.1, 0.15) is 46.6 Å². The van der Waals surface area contributed by atoms with Gasteiger partial charge in [-0.1, -0.05) is 18.2 Å². The molecule has 3 heterocycles. The third kappa shape index (κ3) is 8.46. The van der Waals surface area contributed by atoms with E-state index in [2.05, 4.69) is 36.2 Å². The van der Waals surface area contributed by atoms with Crippen LogP contribution in [0.2, 0.25) is 0 Å². The summed E-state index contributed by atoms with van der Waals surface area (Å²) in [4.78, 5) is 20.0. The quantitative estimate of drug-likeness (QED) is 0.118. The largest absolute Gasteiger partial charge is 0.496 e. The van der Waals surface area contributed by atoms with Crippen molar-refractivity contribution in [3.8, 4) is 22.8 Å². The summed E-state index contributed by atoms with van der Waals surface area (Å²) in [5.74, 6) is 1.46. The van der Waals surface area contributed by atoms with Crippen LogP contribution >= 0.6 is 27.3 Å². The molecule has 1 N–H and O–H groups in total. The van der Waals surface area contributed by atoms with Gasteiger partial charge in [-0.25, -0.2) is 19.3 Å². The van der Waals surface area contributed by atoms with Crippen LogP contribution in [-0.2, 0) is 23.3 Å². The number of ether oxygens (including phenoxy) is 2. The van der Waals surface area contributed by atoms with Crippen molar-refractivity contribution in [3.63, 3.8) is 0 Å². The summed E-state index contributed by atoms with van der Waals surface area (Å²) in [7, 11) is -0.795. The third-order valence-electron chi connectivity index (χ3n) is 7.66. The zero-order chi connectivity index (χ0) is 34.3. The van der Waals surface area contributed by atoms with Crippen molar-refractivity contribution in [1.82, 2.24) is 24.8 Å². The van der Waals surface area contributed by atoms with Crippen LogP contribution in [0.4, 0.5) is 15.9 Å². The van der Waals surface area contributed by atoms with Crippen molar-refractivity contribution in [2.24, 2.45) is 0 Å². The first kappa shape index (κ1) is 34.1. The van der Waals surface area contributed by atoms with Gasteiger partial charge in [0.2, 0.25) is 10.3 Å². The molecule has 6 rings (SSSR count). The molecule has 0 spiro atoms. The summed E-state index contributed by atoms with van der Waals surface area (Å²) in [5.41, 5.74) is 5.63. The number of fused-ring (bicyclic) bond motifs is 1. The Bertz CT molecular complexity index is 2230. The van der Waals surface area contributed by atoms with Crippen molar-refractivity contribution < 1.29 is 22.3 Å². The molecule has 49 heavy (non-hydrogen) atoms.